The Labute approximate surface area is 117 Å². The molecule has 1 aliphatic heterocycles. The van der Waals surface area contributed by atoms with E-state index in [0.29, 0.717) is 5.56 Å². The van der Waals surface area contributed by atoms with Gasteiger partial charge in [-0.1, -0.05) is 19.8 Å². The maximum Gasteiger partial charge on any atom is 0.335 e. The smallest absolute Gasteiger partial charge is 0.335 e. The normalized spacial score (nSPS) is 15.4. The number of unbranched alkanes of at least 4 members (excludes halogenated alkanes) is 1. The van der Waals surface area contributed by atoms with Gasteiger partial charge >= 0.3 is 5.97 Å². The fourth-order valence-corrected chi connectivity index (χ4v) is 2.42. The largest absolute Gasteiger partial charge is 0.478 e. The molecule has 1 atom stereocenters. The Hall–Kier alpha value is -2.17. The van der Waals surface area contributed by atoms with Crippen LogP contribution in [0, 0.1) is 0 Å². The molecule has 1 aromatic rings. The van der Waals surface area contributed by atoms with Crippen LogP contribution in [0.15, 0.2) is 18.2 Å². The molecular formula is C15H17NO4. The number of carboxylic acid groups (broad SMARTS) is 1. The minimum Gasteiger partial charge on any atom is -0.478 e. The first-order valence-electron chi connectivity index (χ1n) is 6.72. The van der Waals surface area contributed by atoms with Crippen LogP contribution in [0.3, 0.4) is 0 Å². The third-order valence-electron chi connectivity index (χ3n) is 3.58. The van der Waals surface area contributed by atoms with Gasteiger partial charge < -0.3 is 5.11 Å². The minimum absolute atomic E-state index is 0.0213. The molecule has 20 heavy (non-hydrogen) atoms. The van der Waals surface area contributed by atoms with Gasteiger partial charge in [0, 0.05) is 6.04 Å². The highest BCUT2D eigenvalue weighted by atomic mass is 16.4. The minimum atomic E-state index is -1.11. The predicted molar refractivity (Wildman–Crippen MR) is 72.9 cm³/mol. The molecule has 1 aromatic carbocycles. The molecule has 0 saturated carbocycles. The summed E-state index contributed by atoms with van der Waals surface area (Å²) in [6.07, 6.45) is 2.69. The monoisotopic (exact) mass is 275 g/mol. The van der Waals surface area contributed by atoms with Crippen molar-refractivity contribution >= 4 is 17.8 Å². The van der Waals surface area contributed by atoms with E-state index in [1.54, 1.807) is 0 Å². The standard InChI is InChI=1S/C15H17NO4/c1-3-4-5-9(2)16-13(17)11-7-6-10(15(19)20)8-12(11)14(16)18/h6-9H,3-5H2,1-2H3,(H,19,20). The van der Waals surface area contributed by atoms with Crippen molar-refractivity contribution in [2.75, 3.05) is 0 Å². The number of nitrogens with zero attached hydrogens (tertiary/aromatic N) is 1. The first-order chi connectivity index (χ1) is 9.47. The summed E-state index contributed by atoms with van der Waals surface area (Å²) in [6, 6.07) is 3.89. The lowest BCUT2D eigenvalue weighted by molar-refractivity contribution is 0.0587. The molecule has 2 rings (SSSR count). The van der Waals surface area contributed by atoms with Gasteiger partial charge in [0.25, 0.3) is 11.8 Å². The number of rotatable bonds is 5. The Bertz CT molecular complexity index is 579. The molecule has 5 heteroatoms. The van der Waals surface area contributed by atoms with E-state index >= 15 is 0 Å². The van der Waals surface area contributed by atoms with E-state index < -0.39 is 11.9 Å². The van der Waals surface area contributed by atoms with Gasteiger partial charge in [-0.2, -0.15) is 0 Å². The third kappa shape index (κ3) is 2.31. The van der Waals surface area contributed by atoms with Crippen molar-refractivity contribution in [3.8, 4) is 0 Å². The zero-order valence-electron chi connectivity index (χ0n) is 11.5. The summed E-state index contributed by atoms with van der Waals surface area (Å²) in [6.45, 7) is 3.89. The highest BCUT2D eigenvalue weighted by molar-refractivity contribution is 6.22. The van der Waals surface area contributed by atoms with Crippen LogP contribution in [0.5, 0.6) is 0 Å². The van der Waals surface area contributed by atoms with Crippen LogP contribution in [0.25, 0.3) is 0 Å². The van der Waals surface area contributed by atoms with Crippen molar-refractivity contribution in [3.05, 3.63) is 34.9 Å². The second kappa shape index (κ2) is 5.45. The number of benzene rings is 1. The first-order valence-corrected chi connectivity index (χ1v) is 6.72. The number of carboxylic acids is 1. The van der Waals surface area contributed by atoms with E-state index in [0.717, 1.165) is 19.3 Å². The summed E-state index contributed by atoms with van der Waals surface area (Å²) in [5.41, 5.74) is 0.509. The van der Waals surface area contributed by atoms with Crippen molar-refractivity contribution in [2.24, 2.45) is 0 Å². The summed E-state index contributed by atoms with van der Waals surface area (Å²) in [5, 5.41) is 8.95. The molecule has 1 heterocycles. The second-order valence-electron chi connectivity index (χ2n) is 5.04. The summed E-state index contributed by atoms with van der Waals surface area (Å²) in [7, 11) is 0. The van der Waals surface area contributed by atoms with Gasteiger partial charge in [0.15, 0.2) is 0 Å². The van der Waals surface area contributed by atoms with Crippen LogP contribution in [-0.4, -0.2) is 33.8 Å². The summed E-state index contributed by atoms with van der Waals surface area (Å²) in [5.74, 6) is -1.83. The maximum absolute atomic E-state index is 12.3. The zero-order chi connectivity index (χ0) is 14.9. The molecule has 106 valence electrons. The van der Waals surface area contributed by atoms with Crippen molar-refractivity contribution < 1.29 is 19.5 Å². The molecular weight excluding hydrogens is 258 g/mol. The van der Waals surface area contributed by atoms with Crippen LogP contribution in [0.2, 0.25) is 0 Å². The van der Waals surface area contributed by atoms with E-state index in [-0.39, 0.29) is 23.1 Å². The molecule has 5 nitrogen and oxygen atoms in total. The van der Waals surface area contributed by atoms with Crippen LogP contribution >= 0.6 is 0 Å². The van der Waals surface area contributed by atoms with E-state index in [1.807, 2.05) is 13.8 Å². The van der Waals surface area contributed by atoms with Gasteiger partial charge in [-0.25, -0.2) is 4.79 Å². The SMILES string of the molecule is CCCCC(C)N1C(=O)c2ccc(C(=O)O)cc2C1=O. The van der Waals surface area contributed by atoms with E-state index in [2.05, 4.69) is 0 Å². The Morgan fingerprint density at radius 2 is 1.90 bits per heavy atom. The van der Waals surface area contributed by atoms with E-state index in [9.17, 15) is 14.4 Å². The lowest BCUT2D eigenvalue weighted by Gasteiger charge is -2.22. The highest BCUT2D eigenvalue weighted by Gasteiger charge is 2.38. The van der Waals surface area contributed by atoms with E-state index in [1.165, 1.54) is 23.1 Å². The topological polar surface area (TPSA) is 74.7 Å². The molecule has 1 N–H and O–H groups in total. The Balaban J connectivity index is 2.32. The Morgan fingerprint density at radius 3 is 2.50 bits per heavy atom. The van der Waals surface area contributed by atoms with Crippen molar-refractivity contribution in [1.82, 2.24) is 4.90 Å². The molecule has 0 saturated heterocycles. The molecule has 0 radical (unpaired) electrons. The fourth-order valence-electron chi connectivity index (χ4n) is 2.42. The molecule has 0 fully saturated rings. The number of fused-ring (bicyclic) bond motifs is 1. The number of hydrogen-bond acceptors (Lipinski definition) is 3. The zero-order valence-corrected chi connectivity index (χ0v) is 11.5. The molecule has 0 aromatic heterocycles. The summed E-state index contributed by atoms with van der Waals surface area (Å²) < 4.78 is 0. The first kappa shape index (κ1) is 14.2. The van der Waals surface area contributed by atoms with Crippen LogP contribution < -0.4 is 0 Å². The van der Waals surface area contributed by atoms with Crippen LogP contribution in [-0.2, 0) is 0 Å². The number of hydrogen-bond donors (Lipinski definition) is 1. The quantitative estimate of drug-likeness (QED) is 0.838. The molecule has 2 amide bonds. The van der Waals surface area contributed by atoms with Gasteiger partial charge in [-0.05, 0) is 31.5 Å². The number of amides is 2. The summed E-state index contributed by atoms with van der Waals surface area (Å²) >= 11 is 0. The average Bonchev–Trinajstić information content (AvgIpc) is 2.68. The highest BCUT2D eigenvalue weighted by Crippen LogP contribution is 2.27. The Morgan fingerprint density at radius 1 is 1.25 bits per heavy atom. The maximum atomic E-state index is 12.3. The van der Waals surface area contributed by atoms with Gasteiger partial charge in [-0.15, -0.1) is 0 Å². The van der Waals surface area contributed by atoms with Gasteiger partial charge in [0.05, 0.1) is 16.7 Å². The molecule has 1 aliphatic rings. The third-order valence-corrected chi connectivity index (χ3v) is 3.58. The van der Waals surface area contributed by atoms with Gasteiger partial charge in [0.1, 0.15) is 0 Å². The van der Waals surface area contributed by atoms with Crippen LogP contribution in [0.4, 0.5) is 0 Å². The lowest BCUT2D eigenvalue weighted by Crippen LogP contribution is -2.37. The van der Waals surface area contributed by atoms with E-state index in [4.69, 9.17) is 5.11 Å². The predicted octanol–water partition coefficient (Wildman–Crippen LogP) is 2.56. The molecule has 1 unspecified atom stereocenters. The fraction of sp³-hybridized carbons (Fsp3) is 0.400. The van der Waals surface area contributed by atoms with Crippen molar-refractivity contribution in [2.45, 2.75) is 39.2 Å². The summed E-state index contributed by atoms with van der Waals surface area (Å²) in [4.78, 5) is 36.7. The van der Waals surface area contributed by atoms with Crippen molar-refractivity contribution in [3.63, 3.8) is 0 Å². The van der Waals surface area contributed by atoms with Crippen LogP contribution in [0.1, 0.15) is 64.2 Å². The van der Waals surface area contributed by atoms with Gasteiger partial charge in [0.2, 0.25) is 0 Å². The average molecular weight is 275 g/mol. The molecule has 0 spiro atoms. The number of carbonyl (C=O) groups is 3. The Kier molecular flexibility index (Phi) is 3.88. The second-order valence-corrected chi connectivity index (χ2v) is 5.04. The molecule has 0 aliphatic carbocycles. The lowest BCUT2D eigenvalue weighted by atomic mass is 10.1. The number of imide groups is 1. The van der Waals surface area contributed by atoms with Gasteiger partial charge in [-0.3, -0.25) is 14.5 Å². The number of aromatic carboxylic acids is 1. The number of carbonyl (C=O) groups excluding carboxylic acids is 2. The van der Waals surface area contributed by atoms with Crippen molar-refractivity contribution in [1.29, 1.82) is 0 Å². The molecule has 0 bridgehead atoms.